The molecule has 1 aliphatic heterocycles. The van der Waals surface area contributed by atoms with Gasteiger partial charge >= 0.3 is 0 Å². The molecule has 3 aromatic rings. The molecule has 144 valence electrons. The number of thiophene rings is 1. The molecule has 0 bridgehead atoms. The van der Waals surface area contributed by atoms with Crippen LogP contribution in [-0.2, 0) is 0 Å². The molecule has 28 heavy (non-hydrogen) atoms. The van der Waals surface area contributed by atoms with Gasteiger partial charge in [0.2, 0.25) is 0 Å². The molecule has 2 amide bonds. The number of rotatable bonds is 3. The van der Waals surface area contributed by atoms with Crippen LogP contribution in [0.3, 0.4) is 0 Å². The van der Waals surface area contributed by atoms with Gasteiger partial charge in [0.1, 0.15) is 11.9 Å². The standard InChI is InChI=1S/C20H21N5O2S/c1-14-21-18(23-22-14)16-13-24(20(27)17-9-5-12-28-17)10-6-11-25(16)19(26)15-7-3-2-4-8-15/h2-5,7-9,12,16H,6,10-11,13H2,1H3,(H,21,22,23). The lowest BCUT2D eigenvalue weighted by Gasteiger charge is -2.30. The molecule has 1 saturated heterocycles. The first-order valence-corrected chi connectivity index (χ1v) is 10.1. The number of aromatic amines is 1. The molecule has 7 nitrogen and oxygen atoms in total. The second-order valence-corrected chi connectivity index (χ2v) is 7.69. The van der Waals surface area contributed by atoms with Gasteiger partial charge in [0.05, 0.1) is 4.88 Å². The lowest BCUT2D eigenvalue weighted by Crippen LogP contribution is -2.40. The summed E-state index contributed by atoms with van der Waals surface area (Å²) in [6.45, 7) is 3.33. The summed E-state index contributed by atoms with van der Waals surface area (Å²) in [5, 5.41) is 9.05. The van der Waals surface area contributed by atoms with Crippen LogP contribution in [-0.4, -0.2) is 56.4 Å². The molecular weight excluding hydrogens is 374 g/mol. The first-order valence-electron chi connectivity index (χ1n) is 9.21. The molecule has 1 aromatic carbocycles. The van der Waals surface area contributed by atoms with E-state index < -0.39 is 6.04 Å². The zero-order valence-corrected chi connectivity index (χ0v) is 16.4. The van der Waals surface area contributed by atoms with Crippen LogP contribution < -0.4 is 0 Å². The number of hydrogen-bond donors (Lipinski definition) is 1. The van der Waals surface area contributed by atoms with E-state index in [1.165, 1.54) is 11.3 Å². The van der Waals surface area contributed by atoms with Crippen molar-refractivity contribution in [3.05, 3.63) is 69.9 Å². The lowest BCUT2D eigenvalue weighted by molar-refractivity contribution is 0.0624. The van der Waals surface area contributed by atoms with Crippen molar-refractivity contribution in [2.75, 3.05) is 19.6 Å². The Morgan fingerprint density at radius 3 is 2.61 bits per heavy atom. The molecular formula is C20H21N5O2S. The molecule has 0 spiro atoms. The highest BCUT2D eigenvalue weighted by Gasteiger charge is 2.34. The van der Waals surface area contributed by atoms with Crippen LogP contribution in [0.2, 0.25) is 0 Å². The number of benzene rings is 1. The highest BCUT2D eigenvalue weighted by atomic mass is 32.1. The fourth-order valence-electron chi connectivity index (χ4n) is 3.45. The van der Waals surface area contributed by atoms with Gasteiger partial charge in [-0.3, -0.25) is 14.7 Å². The Kier molecular flexibility index (Phi) is 5.21. The zero-order chi connectivity index (χ0) is 19.5. The number of carbonyl (C=O) groups excluding carboxylic acids is 2. The molecule has 1 aliphatic rings. The Hall–Kier alpha value is -3.00. The lowest BCUT2D eigenvalue weighted by atomic mass is 10.1. The van der Waals surface area contributed by atoms with Gasteiger partial charge in [0.25, 0.3) is 11.8 Å². The highest BCUT2D eigenvalue weighted by Crippen LogP contribution is 2.26. The van der Waals surface area contributed by atoms with Gasteiger partial charge in [-0.25, -0.2) is 4.98 Å². The van der Waals surface area contributed by atoms with E-state index in [-0.39, 0.29) is 11.8 Å². The molecule has 0 radical (unpaired) electrons. The third kappa shape index (κ3) is 3.68. The van der Waals surface area contributed by atoms with Gasteiger partial charge in [0.15, 0.2) is 5.82 Å². The summed E-state index contributed by atoms with van der Waals surface area (Å²) in [6.07, 6.45) is 0.704. The summed E-state index contributed by atoms with van der Waals surface area (Å²) in [5.41, 5.74) is 0.623. The van der Waals surface area contributed by atoms with Crippen LogP contribution in [0.15, 0.2) is 47.8 Å². The van der Waals surface area contributed by atoms with Crippen LogP contribution in [0.1, 0.15) is 44.1 Å². The van der Waals surface area contributed by atoms with E-state index in [1.807, 2.05) is 54.8 Å². The Bertz CT molecular complexity index is 954. The Balaban J connectivity index is 1.66. The van der Waals surface area contributed by atoms with Crippen LogP contribution in [0, 0.1) is 6.92 Å². The summed E-state index contributed by atoms with van der Waals surface area (Å²) >= 11 is 1.43. The van der Waals surface area contributed by atoms with E-state index in [1.54, 1.807) is 9.80 Å². The van der Waals surface area contributed by atoms with E-state index in [0.717, 1.165) is 0 Å². The Morgan fingerprint density at radius 2 is 1.93 bits per heavy atom. The second kappa shape index (κ2) is 7.93. The number of carbonyl (C=O) groups is 2. The van der Waals surface area contributed by atoms with Gasteiger partial charge in [-0.15, -0.1) is 11.3 Å². The van der Waals surface area contributed by atoms with E-state index in [4.69, 9.17) is 0 Å². The van der Waals surface area contributed by atoms with Crippen LogP contribution in [0.4, 0.5) is 0 Å². The average molecular weight is 395 g/mol. The zero-order valence-electron chi connectivity index (χ0n) is 15.5. The van der Waals surface area contributed by atoms with Gasteiger partial charge in [-0.1, -0.05) is 24.3 Å². The fraction of sp³-hybridized carbons (Fsp3) is 0.300. The van der Waals surface area contributed by atoms with Crippen LogP contribution >= 0.6 is 11.3 Å². The summed E-state index contributed by atoms with van der Waals surface area (Å²) in [5.74, 6) is 1.13. The second-order valence-electron chi connectivity index (χ2n) is 6.74. The number of amides is 2. The topological polar surface area (TPSA) is 82.2 Å². The van der Waals surface area contributed by atoms with E-state index >= 15 is 0 Å². The predicted octanol–water partition coefficient (Wildman–Crippen LogP) is 2.90. The average Bonchev–Trinajstić information content (AvgIpc) is 3.35. The van der Waals surface area contributed by atoms with Crippen molar-refractivity contribution in [1.82, 2.24) is 25.0 Å². The quantitative estimate of drug-likeness (QED) is 0.739. The normalized spacial score (nSPS) is 17.4. The highest BCUT2D eigenvalue weighted by molar-refractivity contribution is 7.12. The number of nitrogens with one attached hydrogen (secondary N) is 1. The molecule has 1 N–H and O–H groups in total. The number of aryl methyl sites for hydroxylation is 1. The summed E-state index contributed by atoms with van der Waals surface area (Å²) in [7, 11) is 0. The van der Waals surface area contributed by atoms with E-state index in [9.17, 15) is 9.59 Å². The smallest absolute Gasteiger partial charge is 0.264 e. The summed E-state index contributed by atoms with van der Waals surface area (Å²) in [6, 6.07) is 12.5. The maximum absolute atomic E-state index is 13.2. The largest absolute Gasteiger partial charge is 0.335 e. The molecule has 2 aromatic heterocycles. The Morgan fingerprint density at radius 1 is 1.11 bits per heavy atom. The molecule has 4 rings (SSSR count). The monoisotopic (exact) mass is 395 g/mol. The number of hydrogen-bond acceptors (Lipinski definition) is 5. The first-order chi connectivity index (χ1) is 13.6. The third-order valence-corrected chi connectivity index (χ3v) is 5.67. The maximum Gasteiger partial charge on any atom is 0.264 e. The minimum atomic E-state index is -0.399. The van der Waals surface area contributed by atoms with Gasteiger partial charge in [-0.05, 0) is 36.9 Å². The number of aromatic nitrogens is 3. The van der Waals surface area contributed by atoms with Crippen molar-refractivity contribution in [3.8, 4) is 0 Å². The molecule has 1 fully saturated rings. The van der Waals surface area contributed by atoms with Crippen LogP contribution in [0.25, 0.3) is 0 Å². The van der Waals surface area contributed by atoms with E-state index in [0.29, 0.717) is 48.1 Å². The molecule has 3 heterocycles. The SMILES string of the molecule is Cc1nc(C2CN(C(=O)c3cccs3)CCCN2C(=O)c2ccccc2)n[nH]1. The van der Waals surface area contributed by atoms with Crippen molar-refractivity contribution in [3.63, 3.8) is 0 Å². The Labute approximate surface area is 167 Å². The molecule has 1 unspecified atom stereocenters. The first kappa shape index (κ1) is 18.4. The third-order valence-electron chi connectivity index (χ3n) is 4.81. The minimum absolute atomic E-state index is 0.0127. The van der Waals surface area contributed by atoms with E-state index in [2.05, 4.69) is 15.2 Å². The van der Waals surface area contributed by atoms with Crippen molar-refractivity contribution in [2.45, 2.75) is 19.4 Å². The maximum atomic E-state index is 13.2. The molecule has 8 heteroatoms. The summed E-state index contributed by atoms with van der Waals surface area (Å²) < 4.78 is 0. The van der Waals surface area contributed by atoms with Crippen molar-refractivity contribution in [2.24, 2.45) is 0 Å². The molecule has 0 saturated carbocycles. The van der Waals surface area contributed by atoms with Crippen molar-refractivity contribution in [1.29, 1.82) is 0 Å². The molecule has 1 atom stereocenters. The summed E-state index contributed by atoms with van der Waals surface area (Å²) in [4.78, 5) is 34.9. The van der Waals surface area contributed by atoms with Crippen molar-refractivity contribution >= 4 is 23.2 Å². The molecule has 0 aliphatic carbocycles. The van der Waals surface area contributed by atoms with Crippen LogP contribution in [0.5, 0.6) is 0 Å². The number of nitrogens with zero attached hydrogens (tertiary/aromatic N) is 4. The van der Waals surface area contributed by atoms with Gasteiger partial charge in [-0.2, -0.15) is 5.10 Å². The number of H-pyrrole nitrogens is 1. The van der Waals surface area contributed by atoms with Gasteiger partial charge < -0.3 is 9.80 Å². The predicted molar refractivity (Wildman–Crippen MR) is 106 cm³/mol. The minimum Gasteiger partial charge on any atom is -0.335 e. The fourth-order valence-corrected chi connectivity index (χ4v) is 4.14. The van der Waals surface area contributed by atoms with Crippen molar-refractivity contribution < 1.29 is 9.59 Å². The van der Waals surface area contributed by atoms with Gasteiger partial charge in [0, 0.05) is 25.2 Å².